The fraction of sp³-hybridized carbons (Fsp3) is 0.447. The molecule has 1 aliphatic carbocycles. The van der Waals surface area contributed by atoms with Gasteiger partial charge in [-0.15, -0.1) is 10.2 Å². The number of nitrogens with one attached hydrogen (secondary N) is 2. The fourth-order valence-corrected chi connectivity index (χ4v) is 6.62. The molecule has 274 valence electrons. The number of rotatable bonds is 10. The number of amides is 3. The fourth-order valence-electron chi connectivity index (χ4n) is 6.62. The van der Waals surface area contributed by atoms with Gasteiger partial charge in [0, 0.05) is 42.9 Å². The lowest BCUT2D eigenvalue weighted by Gasteiger charge is -2.32. The number of aromatic nitrogens is 5. The number of H-pyrrole nitrogens is 1. The first-order valence-corrected chi connectivity index (χ1v) is 17.9. The first-order valence-electron chi connectivity index (χ1n) is 17.9. The van der Waals surface area contributed by atoms with E-state index >= 15 is 0 Å². The van der Waals surface area contributed by atoms with Crippen molar-refractivity contribution >= 4 is 29.4 Å². The third kappa shape index (κ3) is 9.36. The summed E-state index contributed by atoms with van der Waals surface area (Å²) in [7, 11) is 0. The average Bonchev–Trinajstić information content (AvgIpc) is 3.70. The van der Waals surface area contributed by atoms with E-state index in [1.54, 1.807) is 24.3 Å². The number of imide groups is 1. The molecule has 14 heteroatoms. The minimum Gasteiger partial charge on any atom is -0.444 e. The summed E-state index contributed by atoms with van der Waals surface area (Å²) in [6.45, 7) is 8.98. The molecule has 2 aliphatic rings. The molecule has 2 aromatic heterocycles. The maximum absolute atomic E-state index is 14.2. The molecule has 1 saturated carbocycles. The Bertz CT molecular complexity index is 1780. The number of nitrogens with two attached hydrogens (primary N) is 1. The predicted molar refractivity (Wildman–Crippen MR) is 196 cm³/mol. The van der Waals surface area contributed by atoms with Crippen molar-refractivity contribution in [1.82, 2.24) is 30.9 Å². The Labute approximate surface area is 303 Å². The van der Waals surface area contributed by atoms with Crippen molar-refractivity contribution in [1.29, 1.82) is 0 Å². The van der Waals surface area contributed by atoms with Crippen LogP contribution in [0.2, 0.25) is 0 Å². The third-order valence-corrected chi connectivity index (χ3v) is 9.44. The van der Waals surface area contributed by atoms with Gasteiger partial charge in [0.05, 0.1) is 24.9 Å². The topological polar surface area (TPSA) is 182 Å². The summed E-state index contributed by atoms with van der Waals surface area (Å²) in [6.07, 6.45) is 4.30. The Kier molecular flexibility index (Phi) is 11.6. The number of benzene rings is 2. The Hall–Kier alpha value is -5.21. The molecule has 3 amide bonds. The van der Waals surface area contributed by atoms with Crippen LogP contribution < -0.4 is 20.9 Å². The van der Waals surface area contributed by atoms with Gasteiger partial charge in [-0.1, -0.05) is 24.3 Å². The van der Waals surface area contributed by atoms with Gasteiger partial charge in [0.1, 0.15) is 11.4 Å². The first-order chi connectivity index (χ1) is 25.0. The van der Waals surface area contributed by atoms with Crippen LogP contribution in [0.4, 0.5) is 16.3 Å². The normalized spacial score (nSPS) is 18.3. The number of hydrogen-bond acceptors (Lipinski definition) is 11. The predicted octanol–water partition coefficient (Wildman–Crippen LogP) is 4.53. The van der Waals surface area contributed by atoms with E-state index in [1.807, 2.05) is 57.3 Å². The number of ether oxygens (including phenoxy) is 2. The van der Waals surface area contributed by atoms with Crippen LogP contribution >= 0.6 is 0 Å². The zero-order valence-electron chi connectivity index (χ0n) is 30.0. The highest BCUT2D eigenvalue weighted by Crippen LogP contribution is 2.32. The highest BCUT2D eigenvalue weighted by atomic mass is 16.6. The van der Waals surface area contributed by atoms with Gasteiger partial charge in [-0.3, -0.25) is 9.59 Å². The van der Waals surface area contributed by atoms with Gasteiger partial charge in [-0.05, 0) is 112 Å². The lowest BCUT2D eigenvalue weighted by molar-refractivity contribution is -0.130. The summed E-state index contributed by atoms with van der Waals surface area (Å²) in [4.78, 5) is 48.6. The zero-order chi connectivity index (χ0) is 36.7. The monoisotopic (exact) mass is 709 g/mol. The molecule has 4 aromatic rings. The Morgan fingerprint density at radius 2 is 1.63 bits per heavy atom. The molecule has 6 rings (SSSR count). The van der Waals surface area contributed by atoms with Crippen LogP contribution in [-0.4, -0.2) is 88.0 Å². The van der Waals surface area contributed by atoms with Crippen molar-refractivity contribution in [2.75, 3.05) is 42.6 Å². The molecule has 2 aromatic carbocycles. The van der Waals surface area contributed by atoms with Crippen LogP contribution in [0.3, 0.4) is 0 Å². The highest BCUT2D eigenvalue weighted by molar-refractivity contribution is 6.17. The Balaban J connectivity index is 1.12. The number of alkyl carbamates (subject to hydrolysis) is 1. The van der Waals surface area contributed by atoms with Gasteiger partial charge >= 0.3 is 6.09 Å². The van der Waals surface area contributed by atoms with Crippen molar-refractivity contribution in [2.45, 2.75) is 64.5 Å². The molecule has 1 aliphatic heterocycles. The van der Waals surface area contributed by atoms with Crippen molar-refractivity contribution in [3.05, 3.63) is 72.4 Å². The molecule has 1 saturated heterocycles. The number of aromatic amines is 1. The van der Waals surface area contributed by atoms with Crippen LogP contribution in [0.25, 0.3) is 22.5 Å². The summed E-state index contributed by atoms with van der Waals surface area (Å²) >= 11 is 0. The number of carbonyl (C=O) groups is 3. The van der Waals surface area contributed by atoms with E-state index in [4.69, 9.17) is 15.2 Å². The SMILES string of the molecule is CC(C)(C)OC(=O)NCC1CCC(C(=O)N(C(=O)[C@@H](N)Cc2ccc(-c3ccc(N4CCOCC4)nc3)cc2)c2ccc(-c3nn[nH]n3)cc2)CC1. The van der Waals surface area contributed by atoms with E-state index in [0.717, 1.165) is 48.4 Å². The molecule has 0 radical (unpaired) electrons. The maximum atomic E-state index is 14.2. The number of carbonyl (C=O) groups excluding carboxylic acids is 3. The van der Waals surface area contributed by atoms with Crippen molar-refractivity contribution in [3.8, 4) is 22.5 Å². The molecular formula is C38H47N9O5. The standard InChI is InChI=1S/C38H47N9O5/c1-38(2,3)52-37(50)41-23-26-6-10-29(11-7-26)35(48)47(31-15-12-28(13-16-31)34-42-44-45-43-34)36(49)32(39)22-25-4-8-27(9-5-25)30-14-17-33(40-24-30)46-18-20-51-21-19-46/h4-5,8-9,12-17,24,26,29,32H,6-7,10-11,18-23,39H2,1-3H3,(H,41,50)(H,42,43,44,45)/t26?,29?,32-/m0/s1. The lowest BCUT2D eigenvalue weighted by Crippen LogP contribution is -2.50. The average molecular weight is 710 g/mol. The first kappa shape index (κ1) is 36.6. The number of morpholine rings is 1. The van der Waals surface area contributed by atoms with Gasteiger partial charge in [-0.25, -0.2) is 14.7 Å². The Morgan fingerprint density at radius 1 is 0.962 bits per heavy atom. The van der Waals surface area contributed by atoms with Crippen LogP contribution in [0.5, 0.6) is 0 Å². The van der Waals surface area contributed by atoms with Gasteiger partial charge in [0.15, 0.2) is 0 Å². The second-order valence-corrected chi connectivity index (χ2v) is 14.4. The van der Waals surface area contributed by atoms with Gasteiger partial charge in [0.2, 0.25) is 11.7 Å². The summed E-state index contributed by atoms with van der Waals surface area (Å²) in [5, 5.41) is 16.9. The third-order valence-electron chi connectivity index (χ3n) is 9.44. The van der Waals surface area contributed by atoms with Crippen molar-refractivity contribution < 1.29 is 23.9 Å². The van der Waals surface area contributed by atoms with Crippen LogP contribution in [-0.2, 0) is 25.5 Å². The molecule has 0 bridgehead atoms. The summed E-state index contributed by atoms with van der Waals surface area (Å²) in [5.41, 5.74) is 9.98. The number of anilines is 2. The number of tetrazole rings is 1. The number of hydrogen-bond donors (Lipinski definition) is 3. The van der Waals surface area contributed by atoms with Gasteiger partial charge < -0.3 is 25.4 Å². The molecule has 52 heavy (non-hydrogen) atoms. The quantitative estimate of drug-likeness (QED) is 0.211. The van der Waals surface area contributed by atoms with E-state index in [2.05, 4.69) is 41.9 Å². The van der Waals surface area contributed by atoms with Crippen LogP contribution in [0.15, 0.2) is 66.9 Å². The van der Waals surface area contributed by atoms with Crippen LogP contribution in [0.1, 0.15) is 52.0 Å². The van der Waals surface area contributed by atoms with E-state index in [0.29, 0.717) is 49.7 Å². The summed E-state index contributed by atoms with van der Waals surface area (Å²) < 4.78 is 10.8. The van der Waals surface area contributed by atoms with E-state index in [-0.39, 0.29) is 24.2 Å². The second kappa shape index (κ2) is 16.4. The molecule has 0 unspecified atom stereocenters. The maximum Gasteiger partial charge on any atom is 0.407 e. The van der Waals surface area contributed by atoms with E-state index in [9.17, 15) is 14.4 Å². The largest absolute Gasteiger partial charge is 0.444 e. The van der Waals surface area contributed by atoms with Crippen molar-refractivity contribution in [2.24, 2.45) is 17.6 Å². The lowest BCUT2D eigenvalue weighted by atomic mass is 9.81. The van der Waals surface area contributed by atoms with Crippen molar-refractivity contribution in [3.63, 3.8) is 0 Å². The van der Waals surface area contributed by atoms with Gasteiger partial charge in [0.25, 0.3) is 5.91 Å². The number of nitrogens with zero attached hydrogens (tertiary/aromatic N) is 6. The zero-order valence-corrected chi connectivity index (χ0v) is 30.0. The molecule has 0 spiro atoms. The summed E-state index contributed by atoms with van der Waals surface area (Å²) in [5.74, 6) is 0.415. The molecule has 2 fully saturated rings. The molecule has 3 heterocycles. The molecule has 4 N–H and O–H groups in total. The molecule has 14 nitrogen and oxygen atoms in total. The molecular weight excluding hydrogens is 662 g/mol. The van der Waals surface area contributed by atoms with Gasteiger partial charge in [-0.2, -0.15) is 5.21 Å². The van der Waals surface area contributed by atoms with E-state index < -0.39 is 23.6 Å². The second-order valence-electron chi connectivity index (χ2n) is 14.4. The Morgan fingerprint density at radius 3 is 2.25 bits per heavy atom. The molecule has 1 atom stereocenters. The van der Waals surface area contributed by atoms with E-state index in [1.165, 1.54) is 4.90 Å². The summed E-state index contributed by atoms with van der Waals surface area (Å²) in [6, 6.07) is 17.9. The minimum atomic E-state index is -0.962. The highest BCUT2D eigenvalue weighted by Gasteiger charge is 2.35. The smallest absolute Gasteiger partial charge is 0.407 e. The number of pyridine rings is 1. The van der Waals surface area contributed by atoms with Crippen LogP contribution in [0, 0.1) is 11.8 Å². The minimum absolute atomic E-state index is 0.207.